The van der Waals surface area contributed by atoms with Crippen LogP contribution < -0.4 is 4.72 Å². The number of fused-ring (bicyclic) bond motifs is 1. The smallest absolute Gasteiger partial charge is 0.209 e. The Morgan fingerprint density at radius 2 is 2.05 bits per heavy atom. The van der Waals surface area contributed by atoms with Gasteiger partial charge >= 0.3 is 0 Å². The first-order chi connectivity index (χ1) is 9.54. The van der Waals surface area contributed by atoms with E-state index in [9.17, 15) is 8.42 Å². The van der Waals surface area contributed by atoms with Crippen molar-refractivity contribution in [3.05, 3.63) is 42.4 Å². The molecule has 0 radical (unpaired) electrons. The third-order valence-electron chi connectivity index (χ3n) is 3.50. The fourth-order valence-corrected chi connectivity index (χ4v) is 3.48. The van der Waals surface area contributed by atoms with Gasteiger partial charge in [0, 0.05) is 12.1 Å². The number of sulfonamides is 1. The maximum absolute atomic E-state index is 11.5. The van der Waals surface area contributed by atoms with Gasteiger partial charge in [0.25, 0.3) is 0 Å². The maximum Gasteiger partial charge on any atom is 0.209 e. The Balaban J connectivity index is 2.06. The predicted octanol–water partition coefficient (Wildman–Crippen LogP) is 1.93. The molecule has 0 amide bonds. The highest BCUT2D eigenvalue weighted by Gasteiger charge is 2.27. The quantitative estimate of drug-likeness (QED) is 0.940. The monoisotopic (exact) mass is 291 g/mol. The average Bonchev–Trinajstić information content (AvgIpc) is 2.83. The van der Waals surface area contributed by atoms with Gasteiger partial charge in [-0.05, 0) is 12.8 Å². The van der Waals surface area contributed by atoms with Crippen molar-refractivity contribution < 1.29 is 8.42 Å². The van der Waals surface area contributed by atoms with Crippen molar-refractivity contribution in [3.8, 4) is 11.3 Å². The second-order valence-electron chi connectivity index (χ2n) is 5.12. The first-order valence-electron chi connectivity index (χ1n) is 6.62. The first-order valence-corrected chi connectivity index (χ1v) is 8.51. The lowest BCUT2D eigenvalue weighted by atomic mass is 10.00. The summed E-state index contributed by atoms with van der Waals surface area (Å²) in [7, 11) is -3.23. The standard InChI is InChI=1S/C14H17N3O2S/c1-20(18,19)16-12-8-5-9-17-10-15-13(14(12)17)11-6-3-2-4-7-11/h2-4,6-7,10,12,16H,5,8-9H2,1H3/t12-/m1/s1. The Hall–Kier alpha value is -1.66. The largest absolute Gasteiger partial charge is 0.333 e. The Morgan fingerprint density at radius 1 is 1.30 bits per heavy atom. The molecule has 5 nitrogen and oxygen atoms in total. The van der Waals surface area contributed by atoms with Crippen LogP contribution in [0.15, 0.2) is 36.7 Å². The Kier molecular flexibility index (Phi) is 3.35. The van der Waals surface area contributed by atoms with Crippen molar-refractivity contribution in [3.63, 3.8) is 0 Å². The molecule has 1 aliphatic rings. The molecule has 106 valence electrons. The molecule has 2 heterocycles. The highest BCUT2D eigenvalue weighted by atomic mass is 32.2. The molecule has 1 aromatic carbocycles. The van der Waals surface area contributed by atoms with Crippen molar-refractivity contribution in [2.75, 3.05) is 6.26 Å². The average molecular weight is 291 g/mol. The van der Waals surface area contributed by atoms with Crippen molar-refractivity contribution in [2.45, 2.75) is 25.4 Å². The van der Waals surface area contributed by atoms with Crippen LogP contribution >= 0.6 is 0 Å². The number of nitrogens with zero attached hydrogens (tertiary/aromatic N) is 2. The van der Waals surface area contributed by atoms with Crippen LogP contribution in [0.25, 0.3) is 11.3 Å². The number of rotatable bonds is 3. The molecule has 6 heteroatoms. The van der Waals surface area contributed by atoms with Gasteiger partial charge in [-0.3, -0.25) is 0 Å². The number of imidazole rings is 1. The summed E-state index contributed by atoms with van der Waals surface area (Å²) in [5.74, 6) is 0. The van der Waals surface area contributed by atoms with Crippen LogP contribution in [0.2, 0.25) is 0 Å². The third kappa shape index (κ3) is 2.62. The Morgan fingerprint density at radius 3 is 2.75 bits per heavy atom. The van der Waals surface area contributed by atoms with E-state index in [1.807, 2.05) is 30.3 Å². The number of hydrogen-bond donors (Lipinski definition) is 1. The summed E-state index contributed by atoms with van der Waals surface area (Å²) in [6.07, 6.45) is 4.75. The van der Waals surface area contributed by atoms with E-state index in [1.54, 1.807) is 6.33 Å². The number of hydrogen-bond acceptors (Lipinski definition) is 3. The van der Waals surface area contributed by atoms with E-state index in [0.717, 1.165) is 36.3 Å². The number of aromatic nitrogens is 2. The van der Waals surface area contributed by atoms with Gasteiger partial charge in [0.2, 0.25) is 10.0 Å². The maximum atomic E-state index is 11.5. The molecule has 2 aromatic rings. The van der Waals surface area contributed by atoms with Crippen LogP contribution in [0.5, 0.6) is 0 Å². The van der Waals surface area contributed by atoms with Gasteiger partial charge in [-0.15, -0.1) is 0 Å². The lowest BCUT2D eigenvalue weighted by Gasteiger charge is -2.25. The molecule has 0 bridgehead atoms. The van der Waals surface area contributed by atoms with Gasteiger partial charge in [-0.1, -0.05) is 30.3 Å². The zero-order valence-corrected chi connectivity index (χ0v) is 12.1. The molecular formula is C14H17N3O2S. The minimum atomic E-state index is -3.23. The van der Waals surface area contributed by atoms with Crippen molar-refractivity contribution >= 4 is 10.0 Å². The topological polar surface area (TPSA) is 64.0 Å². The summed E-state index contributed by atoms with van der Waals surface area (Å²) in [4.78, 5) is 4.48. The molecule has 3 rings (SSSR count). The van der Waals surface area contributed by atoms with E-state index in [4.69, 9.17) is 0 Å². The van der Waals surface area contributed by atoms with E-state index < -0.39 is 10.0 Å². The second kappa shape index (κ2) is 5.03. The van der Waals surface area contributed by atoms with Gasteiger partial charge in [0.05, 0.1) is 30.0 Å². The van der Waals surface area contributed by atoms with Gasteiger partial charge < -0.3 is 4.57 Å². The van der Waals surface area contributed by atoms with Crippen LogP contribution in [0.4, 0.5) is 0 Å². The molecule has 0 unspecified atom stereocenters. The molecule has 1 aliphatic heterocycles. The highest BCUT2D eigenvalue weighted by Crippen LogP contribution is 2.33. The van der Waals surface area contributed by atoms with E-state index >= 15 is 0 Å². The minimum Gasteiger partial charge on any atom is -0.333 e. The van der Waals surface area contributed by atoms with Crippen LogP contribution in [-0.2, 0) is 16.6 Å². The van der Waals surface area contributed by atoms with Gasteiger partial charge in [0.15, 0.2) is 0 Å². The fraction of sp³-hybridized carbons (Fsp3) is 0.357. The number of nitrogens with one attached hydrogen (secondary N) is 1. The summed E-state index contributed by atoms with van der Waals surface area (Å²) >= 11 is 0. The van der Waals surface area contributed by atoms with Crippen LogP contribution in [0.1, 0.15) is 24.6 Å². The molecule has 0 spiro atoms. The SMILES string of the molecule is CS(=O)(=O)N[C@@H]1CCCn2cnc(-c3ccccc3)c21. The van der Waals surface area contributed by atoms with Gasteiger partial charge in [-0.2, -0.15) is 0 Å². The van der Waals surface area contributed by atoms with E-state index in [0.29, 0.717) is 0 Å². The summed E-state index contributed by atoms with van der Waals surface area (Å²) in [5, 5.41) is 0. The normalized spacial score (nSPS) is 18.8. The molecule has 20 heavy (non-hydrogen) atoms. The number of benzene rings is 1. The molecular weight excluding hydrogens is 274 g/mol. The molecule has 0 aliphatic carbocycles. The van der Waals surface area contributed by atoms with Crippen LogP contribution in [0.3, 0.4) is 0 Å². The second-order valence-corrected chi connectivity index (χ2v) is 6.90. The van der Waals surface area contributed by atoms with Crippen LogP contribution in [0, 0.1) is 0 Å². The predicted molar refractivity (Wildman–Crippen MR) is 77.6 cm³/mol. The molecule has 1 atom stereocenters. The van der Waals surface area contributed by atoms with E-state index in [-0.39, 0.29) is 6.04 Å². The van der Waals surface area contributed by atoms with E-state index in [1.165, 1.54) is 6.26 Å². The highest BCUT2D eigenvalue weighted by molar-refractivity contribution is 7.88. The van der Waals surface area contributed by atoms with Gasteiger partial charge in [-0.25, -0.2) is 18.1 Å². The third-order valence-corrected chi connectivity index (χ3v) is 4.22. The Bertz CT molecular complexity index is 707. The molecule has 1 aromatic heterocycles. The van der Waals surface area contributed by atoms with Crippen molar-refractivity contribution in [2.24, 2.45) is 0 Å². The lowest BCUT2D eigenvalue weighted by molar-refractivity contribution is 0.436. The van der Waals surface area contributed by atoms with Crippen molar-refractivity contribution in [1.82, 2.24) is 14.3 Å². The number of aryl methyl sites for hydroxylation is 1. The van der Waals surface area contributed by atoms with Gasteiger partial charge in [0.1, 0.15) is 0 Å². The zero-order chi connectivity index (χ0) is 14.2. The Labute approximate surface area is 118 Å². The molecule has 0 saturated carbocycles. The fourth-order valence-electron chi connectivity index (χ4n) is 2.73. The molecule has 0 fully saturated rings. The first kappa shape index (κ1) is 13.3. The summed E-state index contributed by atoms with van der Waals surface area (Å²) < 4.78 is 27.8. The molecule has 0 saturated heterocycles. The summed E-state index contributed by atoms with van der Waals surface area (Å²) in [6, 6.07) is 9.67. The summed E-state index contributed by atoms with van der Waals surface area (Å²) in [6.45, 7) is 0.886. The minimum absolute atomic E-state index is 0.198. The van der Waals surface area contributed by atoms with Crippen molar-refractivity contribution in [1.29, 1.82) is 0 Å². The van der Waals surface area contributed by atoms with Crippen LogP contribution in [-0.4, -0.2) is 24.2 Å². The zero-order valence-electron chi connectivity index (χ0n) is 11.3. The summed E-state index contributed by atoms with van der Waals surface area (Å²) in [5.41, 5.74) is 2.85. The van der Waals surface area contributed by atoms with E-state index in [2.05, 4.69) is 14.3 Å². The molecule has 1 N–H and O–H groups in total. The lowest BCUT2D eigenvalue weighted by Crippen LogP contribution is -2.31.